The van der Waals surface area contributed by atoms with Gasteiger partial charge in [0.1, 0.15) is 6.04 Å². The van der Waals surface area contributed by atoms with Crippen LogP contribution in [-0.4, -0.2) is 66.4 Å². The maximum atomic E-state index is 12.9. The highest BCUT2D eigenvalue weighted by Gasteiger charge is 2.45. The van der Waals surface area contributed by atoms with Crippen LogP contribution in [0.5, 0.6) is 0 Å². The first-order chi connectivity index (χ1) is 13.5. The molecule has 0 radical (unpaired) electrons. The van der Waals surface area contributed by atoms with E-state index >= 15 is 0 Å². The summed E-state index contributed by atoms with van der Waals surface area (Å²) in [5.74, 6) is -1.62. The van der Waals surface area contributed by atoms with Gasteiger partial charge < -0.3 is 15.4 Å². The lowest BCUT2D eigenvalue weighted by Gasteiger charge is -2.27. The number of fused-ring (bicyclic) bond motifs is 2. The zero-order chi connectivity index (χ0) is 19.4. The van der Waals surface area contributed by atoms with E-state index in [0.717, 1.165) is 23.7 Å². The van der Waals surface area contributed by atoms with Crippen molar-refractivity contribution in [3.05, 3.63) is 29.3 Å². The first kappa shape index (κ1) is 17.3. The van der Waals surface area contributed by atoms with Crippen LogP contribution >= 0.6 is 0 Å². The minimum atomic E-state index is -0.949. The summed E-state index contributed by atoms with van der Waals surface area (Å²) < 4.78 is 5.78. The molecule has 0 bridgehead atoms. The molecule has 146 valence electrons. The van der Waals surface area contributed by atoms with Crippen LogP contribution in [-0.2, 0) is 14.3 Å². The van der Waals surface area contributed by atoms with Crippen LogP contribution < -0.4 is 16.0 Å². The molecular weight excluding hydrogens is 364 g/mol. The lowest BCUT2D eigenvalue weighted by molar-refractivity contribution is -0.136. The molecule has 4 heterocycles. The first-order valence-electron chi connectivity index (χ1n) is 9.47. The van der Waals surface area contributed by atoms with Crippen LogP contribution in [0.1, 0.15) is 33.6 Å². The van der Waals surface area contributed by atoms with E-state index in [2.05, 4.69) is 16.0 Å². The number of carbonyl (C=O) groups is 4. The maximum Gasteiger partial charge on any atom is 0.262 e. The summed E-state index contributed by atoms with van der Waals surface area (Å²) in [6.07, 6.45) is 0.462. The number of benzene rings is 1. The summed E-state index contributed by atoms with van der Waals surface area (Å²) >= 11 is 0. The smallest absolute Gasteiger partial charge is 0.262 e. The second-order valence-corrected chi connectivity index (χ2v) is 7.65. The van der Waals surface area contributed by atoms with Crippen LogP contribution in [0.15, 0.2) is 18.2 Å². The van der Waals surface area contributed by atoms with Gasteiger partial charge in [-0.15, -0.1) is 0 Å². The van der Waals surface area contributed by atoms with E-state index in [1.807, 2.05) is 0 Å². The minimum Gasteiger partial charge on any atom is -0.380 e. The second-order valence-electron chi connectivity index (χ2n) is 7.65. The van der Waals surface area contributed by atoms with E-state index in [-0.39, 0.29) is 42.0 Å². The molecule has 0 spiro atoms. The average Bonchev–Trinajstić information content (AvgIpc) is 3.33. The molecule has 4 aliphatic heterocycles. The Labute approximate surface area is 160 Å². The summed E-state index contributed by atoms with van der Waals surface area (Å²) in [6, 6.07) is 4.24. The summed E-state index contributed by atoms with van der Waals surface area (Å²) in [5, 5.41) is 8.93. The Balaban J connectivity index is 1.37. The average molecular weight is 384 g/mol. The van der Waals surface area contributed by atoms with Gasteiger partial charge in [-0.25, -0.2) is 0 Å². The van der Waals surface area contributed by atoms with Crippen LogP contribution in [0.2, 0.25) is 0 Å². The number of carbonyl (C=O) groups excluding carboxylic acids is 4. The zero-order valence-electron chi connectivity index (χ0n) is 15.1. The Hall–Kier alpha value is -2.78. The molecule has 3 N–H and O–H groups in total. The topological polar surface area (TPSA) is 117 Å². The Kier molecular flexibility index (Phi) is 3.95. The van der Waals surface area contributed by atoms with Crippen LogP contribution in [0, 0.1) is 5.92 Å². The van der Waals surface area contributed by atoms with Gasteiger partial charge in [0.25, 0.3) is 11.8 Å². The van der Waals surface area contributed by atoms with Gasteiger partial charge >= 0.3 is 0 Å². The van der Waals surface area contributed by atoms with Gasteiger partial charge in [-0.2, -0.15) is 0 Å². The molecule has 9 heteroatoms. The largest absolute Gasteiger partial charge is 0.380 e. The normalized spacial score (nSPS) is 31.8. The molecule has 4 atom stereocenters. The van der Waals surface area contributed by atoms with Crippen LogP contribution in [0.3, 0.4) is 0 Å². The van der Waals surface area contributed by atoms with E-state index in [4.69, 9.17) is 4.74 Å². The van der Waals surface area contributed by atoms with Gasteiger partial charge in [0.05, 0.1) is 29.9 Å². The van der Waals surface area contributed by atoms with E-state index in [1.165, 1.54) is 0 Å². The van der Waals surface area contributed by atoms with Gasteiger partial charge in [0.15, 0.2) is 0 Å². The zero-order valence-corrected chi connectivity index (χ0v) is 15.1. The van der Waals surface area contributed by atoms with E-state index in [9.17, 15) is 19.2 Å². The molecule has 28 heavy (non-hydrogen) atoms. The molecule has 1 aromatic carbocycles. The molecule has 4 amide bonds. The van der Waals surface area contributed by atoms with E-state index < -0.39 is 23.8 Å². The van der Waals surface area contributed by atoms with Crippen molar-refractivity contribution in [1.82, 2.24) is 15.5 Å². The summed E-state index contributed by atoms with van der Waals surface area (Å²) in [5.41, 5.74) is 1.30. The van der Waals surface area contributed by atoms with E-state index in [1.54, 1.807) is 18.2 Å². The SMILES string of the molecule is O=C1CCC(N2C(=O)c3ccc(N[C@@H]4CO[C@@H]5CNC[C@H]45)cc3C2=O)C(=O)N1. The fourth-order valence-electron chi connectivity index (χ4n) is 4.53. The van der Waals surface area contributed by atoms with Crippen molar-refractivity contribution in [3.63, 3.8) is 0 Å². The predicted molar refractivity (Wildman–Crippen MR) is 96.6 cm³/mol. The number of rotatable bonds is 3. The first-order valence-corrected chi connectivity index (χ1v) is 9.47. The molecule has 1 unspecified atom stereocenters. The van der Waals surface area contributed by atoms with Crippen molar-refractivity contribution in [3.8, 4) is 0 Å². The number of hydrogen-bond acceptors (Lipinski definition) is 7. The minimum absolute atomic E-state index is 0.106. The highest BCUT2D eigenvalue weighted by molar-refractivity contribution is 6.23. The van der Waals surface area contributed by atoms with Gasteiger partial charge in [-0.3, -0.25) is 29.4 Å². The number of nitrogens with one attached hydrogen (secondary N) is 3. The van der Waals surface area contributed by atoms with Crippen molar-refractivity contribution >= 4 is 29.3 Å². The monoisotopic (exact) mass is 384 g/mol. The molecular formula is C19H20N4O5. The van der Waals surface area contributed by atoms with Gasteiger partial charge in [-0.05, 0) is 24.6 Å². The van der Waals surface area contributed by atoms with E-state index in [0.29, 0.717) is 12.5 Å². The highest BCUT2D eigenvalue weighted by Crippen LogP contribution is 2.32. The number of nitrogens with zero attached hydrogens (tertiary/aromatic N) is 1. The lowest BCUT2D eigenvalue weighted by Crippen LogP contribution is -2.54. The van der Waals surface area contributed by atoms with Gasteiger partial charge in [0, 0.05) is 31.1 Å². The molecule has 3 fully saturated rings. The van der Waals surface area contributed by atoms with Crippen molar-refractivity contribution in [2.75, 3.05) is 25.0 Å². The molecule has 3 saturated heterocycles. The van der Waals surface area contributed by atoms with Crippen LogP contribution in [0.4, 0.5) is 5.69 Å². The highest BCUT2D eigenvalue weighted by atomic mass is 16.5. The third kappa shape index (κ3) is 2.61. The van der Waals surface area contributed by atoms with Crippen molar-refractivity contribution in [2.24, 2.45) is 5.92 Å². The molecule has 1 aromatic rings. The molecule has 5 rings (SSSR count). The van der Waals surface area contributed by atoms with Crippen LogP contribution in [0.25, 0.3) is 0 Å². The molecule has 9 nitrogen and oxygen atoms in total. The summed E-state index contributed by atoms with van der Waals surface area (Å²) in [7, 11) is 0. The Morgan fingerprint density at radius 1 is 1.07 bits per heavy atom. The number of ether oxygens (including phenoxy) is 1. The Morgan fingerprint density at radius 3 is 2.71 bits per heavy atom. The maximum absolute atomic E-state index is 12.9. The predicted octanol–water partition coefficient (Wildman–Crippen LogP) is -0.513. The number of piperidine rings is 1. The Bertz CT molecular complexity index is 900. The molecule has 0 saturated carbocycles. The number of anilines is 1. The molecule has 0 aliphatic carbocycles. The fraction of sp³-hybridized carbons (Fsp3) is 0.474. The number of hydrogen-bond donors (Lipinski definition) is 3. The second kappa shape index (κ2) is 6.39. The van der Waals surface area contributed by atoms with Crippen molar-refractivity contribution < 1.29 is 23.9 Å². The van der Waals surface area contributed by atoms with Gasteiger partial charge in [0.2, 0.25) is 11.8 Å². The van der Waals surface area contributed by atoms with Crippen molar-refractivity contribution in [1.29, 1.82) is 0 Å². The molecule has 0 aromatic heterocycles. The number of amides is 4. The number of imide groups is 2. The van der Waals surface area contributed by atoms with Crippen molar-refractivity contribution in [2.45, 2.75) is 31.0 Å². The summed E-state index contributed by atoms with van der Waals surface area (Å²) in [6.45, 7) is 2.33. The molecule has 4 aliphatic rings. The fourth-order valence-corrected chi connectivity index (χ4v) is 4.53. The van der Waals surface area contributed by atoms with Gasteiger partial charge in [-0.1, -0.05) is 0 Å². The third-order valence-electron chi connectivity index (χ3n) is 6.00. The summed E-state index contributed by atoms with van der Waals surface area (Å²) in [4.78, 5) is 50.1. The standard InChI is InChI=1S/C19H20N4O5/c24-16-4-3-14(17(25)22-16)23-18(26)10-2-1-9(5-11(10)19(23)27)21-13-8-28-15-7-20-6-12(13)15/h1-2,5,12-15,20-21H,3-4,6-8H2,(H,22,24,25)/t12-,13-,14?,15-/m1/s1. The lowest BCUT2D eigenvalue weighted by atomic mass is 9.99. The quantitative estimate of drug-likeness (QED) is 0.601. The third-order valence-corrected chi connectivity index (χ3v) is 6.00. The Morgan fingerprint density at radius 2 is 1.89 bits per heavy atom.